The van der Waals surface area contributed by atoms with Gasteiger partial charge in [0.1, 0.15) is 16.6 Å². The minimum Gasteiger partial charge on any atom is -0.333 e. The smallest absolute Gasteiger partial charge is 0.235 e. The Morgan fingerprint density at radius 2 is 2.07 bits per heavy atom. The van der Waals surface area contributed by atoms with Crippen molar-refractivity contribution in [1.29, 1.82) is 5.26 Å². The van der Waals surface area contributed by atoms with Crippen LogP contribution >= 0.6 is 34.7 Å². The van der Waals surface area contributed by atoms with Crippen LogP contribution in [0.5, 0.6) is 0 Å². The molecule has 0 aliphatic carbocycles. The summed E-state index contributed by atoms with van der Waals surface area (Å²) in [4.78, 5) is 14.5. The first kappa shape index (κ1) is 20.2. The number of thioether (sulfide) groups is 1. The van der Waals surface area contributed by atoms with Crippen LogP contribution in [0.4, 0.5) is 5.00 Å². The Labute approximate surface area is 173 Å². The van der Waals surface area contributed by atoms with Gasteiger partial charge in [0.25, 0.3) is 0 Å². The van der Waals surface area contributed by atoms with Gasteiger partial charge in [0.05, 0.1) is 26.8 Å². The van der Waals surface area contributed by atoms with Gasteiger partial charge in [-0.2, -0.15) is 5.26 Å². The molecule has 0 radical (unpaired) electrons. The number of rotatable bonds is 4. The molecule has 0 saturated heterocycles. The van der Waals surface area contributed by atoms with Crippen LogP contribution in [-0.4, -0.2) is 17.2 Å². The predicted octanol–water partition coefficient (Wildman–Crippen LogP) is 4.14. The van der Waals surface area contributed by atoms with Crippen LogP contribution in [0, 0.1) is 11.3 Å². The Morgan fingerprint density at radius 3 is 2.74 bits per heavy atom. The second-order valence-electron chi connectivity index (χ2n) is 8.02. The number of nitrogens with one attached hydrogen (secondary N) is 1. The molecule has 0 atom stereocenters. The average molecular weight is 421 g/mol. The van der Waals surface area contributed by atoms with E-state index in [4.69, 9.17) is 11.6 Å². The molecule has 3 N–H and O–H groups in total. The molecule has 0 bridgehead atoms. The van der Waals surface area contributed by atoms with Gasteiger partial charge in [0.15, 0.2) is 0 Å². The predicted molar refractivity (Wildman–Crippen MR) is 113 cm³/mol. The van der Waals surface area contributed by atoms with Gasteiger partial charge in [-0.1, -0.05) is 23.7 Å². The molecule has 0 fully saturated rings. The lowest BCUT2D eigenvalue weighted by atomic mass is 9.81. The van der Waals surface area contributed by atoms with Crippen molar-refractivity contribution in [2.24, 2.45) is 0 Å². The van der Waals surface area contributed by atoms with E-state index < -0.39 is 0 Å². The third kappa shape index (κ3) is 4.33. The molecule has 2 heterocycles. The summed E-state index contributed by atoms with van der Waals surface area (Å²) in [5.41, 5.74) is 1.59. The van der Waals surface area contributed by atoms with E-state index in [1.54, 1.807) is 0 Å². The fourth-order valence-electron chi connectivity index (χ4n) is 3.78. The largest absolute Gasteiger partial charge is 0.333 e. The molecule has 4 nitrogen and oxygen atoms in total. The van der Waals surface area contributed by atoms with Gasteiger partial charge >= 0.3 is 0 Å². The number of nitrogens with zero attached hydrogens (tertiary/aromatic N) is 1. The normalized spacial score (nSPS) is 17.0. The van der Waals surface area contributed by atoms with Gasteiger partial charge < -0.3 is 10.6 Å². The number of quaternary nitrogens is 1. The molecule has 1 aliphatic rings. The van der Waals surface area contributed by atoms with Crippen molar-refractivity contribution in [2.45, 2.75) is 50.1 Å². The standard InChI is InChI=1S/C20H22ClN3OS2/c1-19(2)9-12-13(10-22)18(27-17(12)20(3,4)24-19)23-16(25)11-26-15-8-6-5-7-14(15)21/h5-8,24H,9,11H2,1-4H3,(H,23,25)/p+1. The summed E-state index contributed by atoms with van der Waals surface area (Å²) >= 11 is 9.07. The SMILES string of the molecule is CC1(C)Cc2c(sc(NC(=O)CSc3ccccc3Cl)c2C#N)C(C)(C)[NH2+]1. The summed E-state index contributed by atoms with van der Waals surface area (Å²) in [6.07, 6.45) is 0.815. The number of amides is 1. The highest BCUT2D eigenvalue weighted by Crippen LogP contribution is 2.41. The maximum absolute atomic E-state index is 12.5. The molecule has 2 aromatic rings. The van der Waals surface area contributed by atoms with E-state index in [9.17, 15) is 10.1 Å². The van der Waals surface area contributed by atoms with Crippen LogP contribution in [-0.2, 0) is 16.8 Å². The van der Waals surface area contributed by atoms with Crippen molar-refractivity contribution in [3.63, 3.8) is 0 Å². The van der Waals surface area contributed by atoms with Crippen molar-refractivity contribution in [3.05, 3.63) is 45.3 Å². The highest BCUT2D eigenvalue weighted by atomic mass is 35.5. The lowest BCUT2D eigenvalue weighted by Gasteiger charge is -2.38. The maximum Gasteiger partial charge on any atom is 0.235 e. The van der Waals surface area contributed by atoms with Crippen LogP contribution in [0.25, 0.3) is 0 Å². The highest BCUT2D eigenvalue weighted by molar-refractivity contribution is 8.00. The monoisotopic (exact) mass is 420 g/mol. The van der Waals surface area contributed by atoms with Crippen molar-refractivity contribution in [1.82, 2.24) is 0 Å². The fourth-order valence-corrected chi connectivity index (χ4v) is 6.08. The Hall–Kier alpha value is -1.52. The first-order chi connectivity index (χ1) is 12.6. The third-order valence-electron chi connectivity index (χ3n) is 4.54. The van der Waals surface area contributed by atoms with Crippen LogP contribution in [0.3, 0.4) is 0 Å². The number of halogens is 1. The van der Waals surface area contributed by atoms with Crippen molar-refractivity contribution < 1.29 is 10.1 Å². The maximum atomic E-state index is 12.5. The number of anilines is 1. The van der Waals surface area contributed by atoms with E-state index in [1.807, 2.05) is 24.3 Å². The second-order valence-corrected chi connectivity index (χ2v) is 10.5. The molecular weight excluding hydrogens is 398 g/mol. The van der Waals surface area contributed by atoms with Crippen molar-refractivity contribution in [2.75, 3.05) is 11.1 Å². The molecule has 1 aliphatic heterocycles. The first-order valence-corrected chi connectivity index (χ1v) is 10.9. The lowest BCUT2D eigenvalue weighted by molar-refractivity contribution is -0.789. The van der Waals surface area contributed by atoms with Gasteiger partial charge in [-0.05, 0) is 45.4 Å². The highest BCUT2D eigenvalue weighted by Gasteiger charge is 2.44. The Balaban J connectivity index is 1.80. The first-order valence-electron chi connectivity index (χ1n) is 8.73. The summed E-state index contributed by atoms with van der Waals surface area (Å²) in [7, 11) is 0. The second kappa shape index (κ2) is 7.48. The summed E-state index contributed by atoms with van der Waals surface area (Å²) in [6.45, 7) is 8.72. The molecular formula is C20H23ClN3OS2+. The summed E-state index contributed by atoms with van der Waals surface area (Å²) in [5, 5.41) is 16.3. The van der Waals surface area contributed by atoms with E-state index in [0.717, 1.165) is 16.9 Å². The molecule has 7 heteroatoms. The van der Waals surface area contributed by atoms with Crippen LogP contribution in [0.1, 0.15) is 43.7 Å². The molecule has 0 unspecified atom stereocenters. The number of carbonyl (C=O) groups excluding carboxylic acids is 1. The van der Waals surface area contributed by atoms with Gasteiger partial charge in [-0.3, -0.25) is 4.79 Å². The van der Waals surface area contributed by atoms with Crippen molar-refractivity contribution in [3.8, 4) is 6.07 Å². The molecule has 1 aromatic heterocycles. The molecule has 0 saturated carbocycles. The van der Waals surface area contributed by atoms with Gasteiger partial charge in [0.2, 0.25) is 5.91 Å². The average Bonchev–Trinajstić information content (AvgIpc) is 2.90. The summed E-state index contributed by atoms with van der Waals surface area (Å²) in [6, 6.07) is 9.78. The zero-order chi connectivity index (χ0) is 19.8. The number of thiophene rings is 1. The number of nitrogens with two attached hydrogens (primary N) is 1. The molecule has 3 rings (SSSR count). The van der Waals surface area contributed by atoms with E-state index in [1.165, 1.54) is 28.0 Å². The summed E-state index contributed by atoms with van der Waals surface area (Å²) < 4.78 is 0. The van der Waals surface area contributed by atoms with Crippen molar-refractivity contribution >= 4 is 45.6 Å². The third-order valence-corrected chi connectivity index (χ3v) is 7.54. The van der Waals surface area contributed by atoms with E-state index in [0.29, 0.717) is 15.6 Å². The van der Waals surface area contributed by atoms with E-state index >= 15 is 0 Å². The topological polar surface area (TPSA) is 69.5 Å². The lowest BCUT2D eigenvalue weighted by Crippen LogP contribution is -3.03. The molecule has 1 aromatic carbocycles. The molecule has 27 heavy (non-hydrogen) atoms. The van der Waals surface area contributed by atoms with E-state index in [-0.39, 0.29) is 22.7 Å². The zero-order valence-electron chi connectivity index (χ0n) is 15.9. The number of hydrogen-bond donors (Lipinski definition) is 2. The molecule has 1 amide bonds. The number of hydrogen-bond acceptors (Lipinski definition) is 4. The number of carbonyl (C=O) groups is 1. The van der Waals surface area contributed by atoms with Crippen LogP contribution < -0.4 is 10.6 Å². The minimum absolute atomic E-state index is 0.0182. The number of fused-ring (bicyclic) bond motifs is 1. The fraction of sp³-hybridized carbons (Fsp3) is 0.400. The molecule has 142 valence electrons. The Morgan fingerprint density at radius 1 is 1.37 bits per heavy atom. The van der Waals surface area contributed by atoms with Gasteiger partial charge in [-0.25, -0.2) is 0 Å². The van der Waals surface area contributed by atoms with E-state index in [2.05, 4.69) is 44.4 Å². The van der Waals surface area contributed by atoms with Crippen LogP contribution in [0.2, 0.25) is 5.02 Å². The zero-order valence-corrected chi connectivity index (χ0v) is 18.2. The number of nitriles is 1. The minimum atomic E-state index is -0.129. The quantitative estimate of drug-likeness (QED) is 0.730. The Bertz CT molecular complexity index is 928. The Kier molecular flexibility index (Phi) is 5.60. The van der Waals surface area contributed by atoms with Crippen LogP contribution in [0.15, 0.2) is 29.2 Å². The number of benzene rings is 1. The molecule has 0 spiro atoms. The van der Waals surface area contributed by atoms with Gasteiger partial charge in [0, 0.05) is 11.3 Å². The summed E-state index contributed by atoms with van der Waals surface area (Å²) in [5.74, 6) is 0.120. The van der Waals surface area contributed by atoms with Gasteiger partial charge in [-0.15, -0.1) is 23.1 Å².